The third-order valence-electron chi connectivity index (χ3n) is 1.72. The Morgan fingerprint density at radius 3 is 2.75 bits per heavy atom. The van der Waals surface area contributed by atoms with Crippen LogP contribution in [0.4, 0.5) is 0 Å². The van der Waals surface area contributed by atoms with Crippen LogP contribution in [0, 0.1) is 0 Å². The molecule has 0 aromatic heterocycles. The van der Waals surface area contributed by atoms with Crippen molar-refractivity contribution in [2.24, 2.45) is 0 Å². The zero-order valence-corrected chi connectivity index (χ0v) is 10.5. The van der Waals surface area contributed by atoms with Gasteiger partial charge in [0.25, 0.3) is 0 Å². The van der Waals surface area contributed by atoms with E-state index in [0.29, 0.717) is 0 Å². The highest BCUT2D eigenvalue weighted by molar-refractivity contribution is 6.31. The highest BCUT2D eigenvalue weighted by atomic mass is 35.5. The van der Waals surface area contributed by atoms with E-state index in [4.69, 9.17) is 18.5 Å². The molecule has 0 spiro atoms. The molecule has 88 valence electrons. The lowest BCUT2D eigenvalue weighted by atomic mass is 10.0. The zero-order valence-electron chi connectivity index (χ0n) is 14.8. The molecule has 1 rings (SSSR count). The van der Waals surface area contributed by atoms with Crippen molar-refractivity contribution >= 4 is 17.4 Å². The molecule has 1 aromatic carbocycles. The lowest BCUT2D eigenvalue weighted by Gasteiger charge is -2.25. The third kappa shape index (κ3) is 3.95. The second-order valence-electron chi connectivity index (χ2n) is 4.52. The largest absolute Gasteiger partial charge is 0.303 e. The van der Waals surface area contributed by atoms with Gasteiger partial charge in [0.05, 0.1) is 12.9 Å². The fraction of sp³-hybridized carbons (Fsp3) is 0.462. The number of halogens is 1. The quantitative estimate of drug-likeness (QED) is 0.827. The van der Waals surface area contributed by atoms with Gasteiger partial charge in [-0.25, -0.2) is 0 Å². The van der Waals surface area contributed by atoms with Gasteiger partial charge in [0.2, 0.25) is 0 Å². The van der Waals surface area contributed by atoms with Crippen LogP contribution in [0.1, 0.15) is 44.9 Å². The standard InChI is InChI=1S/C13H18ClNO/c1-9(15-13(2,3)4)12(16)10-6-5-7-11(14)8-10/h5-9,15H,1-4H3/t9-/m1/s1/i5D,6D,7D,8D,9D. The molecule has 1 aromatic rings. The van der Waals surface area contributed by atoms with Gasteiger partial charge >= 0.3 is 0 Å². The third-order valence-corrected chi connectivity index (χ3v) is 1.91. The van der Waals surface area contributed by atoms with Gasteiger partial charge in [0.1, 0.15) is 0 Å². The summed E-state index contributed by atoms with van der Waals surface area (Å²) in [6, 6.07) is -3.79. The number of hydrogen-bond donors (Lipinski definition) is 1. The van der Waals surface area contributed by atoms with Crippen LogP contribution >= 0.6 is 11.6 Å². The van der Waals surface area contributed by atoms with E-state index >= 15 is 0 Å². The normalized spacial score (nSPS) is 19.9. The van der Waals surface area contributed by atoms with Gasteiger partial charge < -0.3 is 5.32 Å². The number of rotatable bonds is 3. The lowest BCUT2D eigenvalue weighted by Crippen LogP contribution is -2.46. The highest BCUT2D eigenvalue weighted by Gasteiger charge is 2.20. The molecule has 2 nitrogen and oxygen atoms in total. The lowest BCUT2D eigenvalue weighted by molar-refractivity contribution is 0.0936. The van der Waals surface area contributed by atoms with E-state index in [1.54, 1.807) is 20.8 Å². The minimum atomic E-state index is -1.77. The number of carbonyl (C=O) groups excluding carboxylic acids is 1. The molecule has 3 heteroatoms. The molecule has 0 unspecified atom stereocenters. The molecule has 0 radical (unpaired) electrons. The number of hydrogen-bond acceptors (Lipinski definition) is 2. The van der Waals surface area contributed by atoms with Gasteiger partial charge in [-0.15, -0.1) is 0 Å². The van der Waals surface area contributed by atoms with E-state index in [2.05, 4.69) is 5.32 Å². The van der Waals surface area contributed by atoms with Crippen LogP contribution in [0.2, 0.25) is 5.02 Å². The summed E-state index contributed by atoms with van der Waals surface area (Å²) in [5, 5.41) is 2.45. The van der Waals surface area contributed by atoms with Crippen LogP contribution in [0.15, 0.2) is 24.2 Å². The maximum Gasteiger partial charge on any atom is 0.179 e. The molecule has 1 N–H and O–H groups in total. The summed E-state index contributed by atoms with van der Waals surface area (Å²) in [5.41, 5.74) is -0.935. The average molecular weight is 245 g/mol. The maximum atomic E-state index is 12.5. The van der Waals surface area contributed by atoms with Crippen molar-refractivity contribution in [2.45, 2.75) is 39.3 Å². The second-order valence-corrected chi connectivity index (χ2v) is 4.90. The van der Waals surface area contributed by atoms with Gasteiger partial charge in [-0.2, -0.15) is 0 Å². The fourth-order valence-electron chi connectivity index (χ4n) is 1.24. The van der Waals surface area contributed by atoms with Gasteiger partial charge in [-0.1, -0.05) is 23.7 Å². The number of benzene rings is 1. The second kappa shape index (κ2) is 4.98. The Hall–Kier alpha value is -0.860. The van der Waals surface area contributed by atoms with Gasteiger partial charge in [0, 0.05) is 16.1 Å². The van der Waals surface area contributed by atoms with Crippen molar-refractivity contribution in [3.8, 4) is 0 Å². The van der Waals surface area contributed by atoms with E-state index in [1.807, 2.05) is 0 Å². The predicted molar refractivity (Wildman–Crippen MR) is 68.1 cm³/mol. The summed E-state index contributed by atoms with van der Waals surface area (Å²) < 4.78 is 38.9. The van der Waals surface area contributed by atoms with Crippen LogP contribution in [0.5, 0.6) is 0 Å². The minimum absolute atomic E-state index is 0.356. The van der Waals surface area contributed by atoms with Crippen LogP contribution in [0.25, 0.3) is 0 Å². The molecular formula is C13H18ClNO. The van der Waals surface area contributed by atoms with Crippen LogP contribution in [0.3, 0.4) is 0 Å². The Morgan fingerprint density at radius 1 is 1.56 bits per heavy atom. The first-order valence-electron chi connectivity index (χ1n) is 7.39. The molecule has 0 aliphatic heterocycles. The highest BCUT2D eigenvalue weighted by Crippen LogP contribution is 2.13. The molecule has 0 bridgehead atoms. The number of nitrogens with one attached hydrogen (secondary N) is 1. The molecule has 0 saturated carbocycles. The number of carbonyl (C=O) groups is 1. The zero-order chi connectivity index (χ0) is 16.7. The molecular weight excluding hydrogens is 222 g/mol. The molecule has 1 atom stereocenters. The van der Waals surface area contributed by atoms with Crippen molar-refractivity contribution in [1.82, 2.24) is 5.32 Å². The first-order valence-corrected chi connectivity index (χ1v) is 5.27. The van der Waals surface area contributed by atoms with E-state index in [-0.39, 0.29) is 5.02 Å². The van der Waals surface area contributed by atoms with E-state index in [1.165, 1.54) is 6.92 Å². The van der Waals surface area contributed by atoms with Crippen LogP contribution in [-0.2, 0) is 0 Å². The fourth-order valence-corrected chi connectivity index (χ4v) is 1.38. The molecule has 0 aliphatic carbocycles. The van der Waals surface area contributed by atoms with Crippen molar-refractivity contribution in [3.63, 3.8) is 0 Å². The Morgan fingerprint density at radius 2 is 2.19 bits per heavy atom. The SMILES string of the molecule is [2H]c1c([2H])c(Cl)c([2H])c(C(=O)[C@@]([2H])(C)NC(C)(C)C)c1[2H]. The first-order chi connectivity index (χ1) is 9.29. The number of Topliss-reactive ketones (excluding diaryl/α,β-unsaturated/α-hetero) is 1. The Labute approximate surface area is 109 Å². The Kier molecular flexibility index (Phi) is 2.32. The molecule has 0 fully saturated rings. The topological polar surface area (TPSA) is 29.1 Å². The smallest absolute Gasteiger partial charge is 0.179 e. The van der Waals surface area contributed by atoms with Gasteiger partial charge in [-0.05, 0) is 39.8 Å². The maximum absolute atomic E-state index is 12.5. The van der Waals surface area contributed by atoms with Crippen molar-refractivity contribution < 1.29 is 11.6 Å². The Balaban J connectivity index is 3.45. The van der Waals surface area contributed by atoms with E-state index in [9.17, 15) is 4.79 Å². The predicted octanol–water partition coefficient (Wildman–Crippen LogP) is 3.30. The van der Waals surface area contributed by atoms with E-state index < -0.39 is 47.1 Å². The summed E-state index contributed by atoms with van der Waals surface area (Å²) in [6.45, 7) is 6.68. The first kappa shape index (κ1) is 7.46. The van der Waals surface area contributed by atoms with E-state index in [0.717, 1.165) is 0 Å². The van der Waals surface area contributed by atoms with Gasteiger partial charge in [0.15, 0.2) is 5.78 Å². The van der Waals surface area contributed by atoms with Gasteiger partial charge in [-0.3, -0.25) is 4.79 Å². The summed E-state index contributed by atoms with van der Waals surface area (Å²) in [4.78, 5) is 12.5. The van der Waals surface area contributed by atoms with Crippen molar-refractivity contribution in [2.75, 3.05) is 0 Å². The summed E-state index contributed by atoms with van der Waals surface area (Å²) in [6.07, 6.45) is 0. The molecule has 0 amide bonds. The minimum Gasteiger partial charge on any atom is -0.303 e. The average Bonchev–Trinajstić information content (AvgIpc) is 2.31. The summed E-state index contributed by atoms with van der Waals surface area (Å²) in [7, 11) is 0. The van der Waals surface area contributed by atoms with Crippen LogP contribution < -0.4 is 5.32 Å². The molecule has 0 heterocycles. The monoisotopic (exact) mass is 244 g/mol. The summed E-state index contributed by atoms with van der Waals surface area (Å²) in [5.74, 6) is -0.817. The van der Waals surface area contributed by atoms with Crippen molar-refractivity contribution in [1.29, 1.82) is 0 Å². The Bertz CT molecular complexity index is 566. The van der Waals surface area contributed by atoms with Crippen molar-refractivity contribution in [3.05, 3.63) is 34.8 Å². The molecule has 16 heavy (non-hydrogen) atoms. The molecule has 0 aliphatic rings. The van der Waals surface area contributed by atoms with Crippen LogP contribution in [-0.4, -0.2) is 17.3 Å². The molecule has 0 saturated heterocycles. The summed E-state index contributed by atoms with van der Waals surface area (Å²) >= 11 is 5.78. The number of ketones is 1.